The van der Waals surface area contributed by atoms with E-state index in [2.05, 4.69) is 26.8 Å². The normalized spacial score (nSPS) is 42.7. The van der Waals surface area contributed by atoms with Crippen LogP contribution in [-0.2, 0) is 14.4 Å². The van der Waals surface area contributed by atoms with Gasteiger partial charge in [0.15, 0.2) is 0 Å². The SMILES string of the molecule is CC(C)CCCCC(=O)C12C[C@@H]3[C@H](C)CC[C@H]3C3(C=O)CC1C=C(C(C)C)[C@@]23C(=O)O. The number of Topliss-reactive ketones (excluding diaryl/α,β-unsaturated/α-hetero) is 1. The predicted molar refractivity (Wildman–Crippen MR) is 120 cm³/mol. The smallest absolute Gasteiger partial charge is 0.315 e. The van der Waals surface area contributed by atoms with Gasteiger partial charge in [-0.25, -0.2) is 0 Å². The molecule has 4 bridgehead atoms. The average molecular weight is 429 g/mol. The van der Waals surface area contributed by atoms with Crippen molar-refractivity contribution in [2.45, 2.75) is 86.0 Å². The molecule has 4 aliphatic rings. The van der Waals surface area contributed by atoms with Gasteiger partial charge in [-0.2, -0.15) is 0 Å². The standard InChI is InChI=1S/C27H40O4/c1-16(2)8-6-7-9-23(29)26-14-20-18(5)10-11-21(20)25(15-28)13-19(26)12-22(17(3)4)27(25,26)24(30)31/h12,15-21H,6-11,13-14H2,1-5H3,(H,30,31)/t18-,19?,20-,21-,25?,26?,27+/m1/s1. The van der Waals surface area contributed by atoms with E-state index in [1.54, 1.807) is 0 Å². The number of hydrogen-bond acceptors (Lipinski definition) is 3. The lowest BCUT2D eigenvalue weighted by Gasteiger charge is -2.57. The van der Waals surface area contributed by atoms with Gasteiger partial charge in [0.25, 0.3) is 0 Å². The van der Waals surface area contributed by atoms with Crippen molar-refractivity contribution in [1.82, 2.24) is 0 Å². The summed E-state index contributed by atoms with van der Waals surface area (Å²) in [6.07, 6.45) is 9.62. The highest BCUT2D eigenvalue weighted by Gasteiger charge is 2.85. The molecule has 31 heavy (non-hydrogen) atoms. The first kappa shape index (κ1) is 22.7. The summed E-state index contributed by atoms with van der Waals surface area (Å²) in [5, 5.41) is 10.9. The van der Waals surface area contributed by atoms with Crippen LogP contribution >= 0.6 is 0 Å². The Balaban J connectivity index is 1.84. The molecule has 0 amide bonds. The maximum Gasteiger partial charge on any atom is 0.315 e. The second-order valence-corrected chi connectivity index (χ2v) is 11.9. The monoisotopic (exact) mass is 428 g/mol. The van der Waals surface area contributed by atoms with Gasteiger partial charge in [-0.15, -0.1) is 0 Å². The maximum atomic E-state index is 14.1. The lowest BCUT2D eigenvalue weighted by molar-refractivity contribution is -0.183. The molecule has 0 aromatic rings. The zero-order valence-electron chi connectivity index (χ0n) is 19.9. The number of carbonyl (C=O) groups is 3. The van der Waals surface area contributed by atoms with Crippen molar-refractivity contribution < 1.29 is 19.5 Å². The molecule has 0 radical (unpaired) electrons. The van der Waals surface area contributed by atoms with E-state index in [1.807, 2.05) is 13.8 Å². The molecule has 4 aliphatic carbocycles. The molecule has 1 N–H and O–H groups in total. The predicted octanol–water partition coefficient (Wildman–Crippen LogP) is 5.70. The summed E-state index contributed by atoms with van der Waals surface area (Å²) in [5.41, 5.74) is -2.35. The molecule has 0 spiro atoms. The Morgan fingerprint density at radius 2 is 1.87 bits per heavy atom. The number of fused-ring (bicyclic) bond motifs is 2. The number of aliphatic carboxylic acids is 1. The van der Waals surface area contributed by atoms with Crippen LogP contribution in [0.2, 0.25) is 0 Å². The van der Waals surface area contributed by atoms with Crippen molar-refractivity contribution in [3.8, 4) is 0 Å². The van der Waals surface area contributed by atoms with Crippen molar-refractivity contribution in [3.05, 3.63) is 11.6 Å². The van der Waals surface area contributed by atoms with Crippen LogP contribution in [0.3, 0.4) is 0 Å². The molecule has 172 valence electrons. The summed E-state index contributed by atoms with van der Waals surface area (Å²) in [6, 6.07) is 0. The molecule has 7 atom stereocenters. The minimum absolute atomic E-state index is 0.0178. The van der Waals surface area contributed by atoms with Gasteiger partial charge in [0, 0.05) is 6.42 Å². The molecular formula is C27H40O4. The van der Waals surface area contributed by atoms with Crippen molar-refractivity contribution in [1.29, 1.82) is 0 Å². The number of ketones is 1. The van der Waals surface area contributed by atoms with Crippen LogP contribution in [0.15, 0.2) is 11.6 Å². The van der Waals surface area contributed by atoms with E-state index in [9.17, 15) is 19.5 Å². The Kier molecular flexibility index (Phi) is 5.54. The van der Waals surface area contributed by atoms with Gasteiger partial charge < -0.3 is 9.90 Å². The van der Waals surface area contributed by atoms with Gasteiger partial charge in [0.2, 0.25) is 0 Å². The average Bonchev–Trinajstić information content (AvgIpc) is 3.28. The first-order valence-corrected chi connectivity index (χ1v) is 12.5. The van der Waals surface area contributed by atoms with Crippen LogP contribution in [0.5, 0.6) is 0 Å². The van der Waals surface area contributed by atoms with Crippen LogP contribution in [0, 0.1) is 51.8 Å². The van der Waals surface area contributed by atoms with E-state index >= 15 is 0 Å². The number of aldehydes is 1. The first-order chi connectivity index (χ1) is 14.6. The number of allylic oxidation sites excluding steroid dienone is 1. The lowest BCUT2D eigenvalue weighted by atomic mass is 9.42. The molecule has 3 saturated carbocycles. The molecule has 0 aromatic heterocycles. The fourth-order valence-corrected chi connectivity index (χ4v) is 8.76. The van der Waals surface area contributed by atoms with Crippen molar-refractivity contribution in [2.75, 3.05) is 0 Å². The summed E-state index contributed by atoms with van der Waals surface area (Å²) in [5.74, 6) is 0.528. The number of hydrogen-bond donors (Lipinski definition) is 1. The van der Waals surface area contributed by atoms with Gasteiger partial charge >= 0.3 is 5.97 Å². The Morgan fingerprint density at radius 3 is 2.45 bits per heavy atom. The summed E-state index contributed by atoms with van der Waals surface area (Å²) in [4.78, 5) is 40.4. The quantitative estimate of drug-likeness (QED) is 0.291. The van der Waals surface area contributed by atoms with E-state index < -0.39 is 22.2 Å². The highest BCUT2D eigenvalue weighted by Crippen LogP contribution is 2.83. The van der Waals surface area contributed by atoms with E-state index in [1.165, 1.54) is 0 Å². The van der Waals surface area contributed by atoms with Crippen LogP contribution in [0.1, 0.15) is 86.0 Å². The van der Waals surface area contributed by atoms with E-state index in [0.717, 1.165) is 44.0 Å². The molecular weight excluding hydrogens is 388 g/mol. The topological polar surface area (TPSA) is 71.4 Å². The Labute approximate surface area is 187 Å². The summed E-state index contributed by atoms with van der Waals surface area (Å²) < 4.78 is 0. The Morgan fingerprint density at radius 1 is 1.16 bits per heavy atom. The fraction of sp³-hybridized carbons (Fsp3) is 0.815. The number of unbranched alkanes of at least 4 members (excludes halogenated alkanes) is 1. The molecule has 3 unspecified atom stereocenters. The third-order valence-electron chi connectivity index (χ3n) is 9.86. The second-order valence-electron chi connectivity index (χ2n) is 11.9. The summed E-state index contributed by atoms with van der Waals surface area (Å²) >= 11 is 0. The molecule has 0 aromatic carbocycles. The number of carbonyl (C=O) groups excluding carboxylic acids is 2. The third-order valence-corrected chi connectivity index (χ3v) is 9.86. The highest BCUT2D eigenvalue weighted by molar-refractivity contribution is 6.01. The molecule has 0 saturated heterocycles. The molecule has 0 heterocycles. The van der Waals surface area contributed by atoms with Crippen LogP contribution in [0.25, 0.3) is 0 Å². The van der Waals surface area contributed by atoms with Crippen LogP contribution < -0.4 is 0 Å². The minimum Gasteiger partial charge on any atom is -0.481 e. The lowest BCUT2D eigenvalue weighted by Crippen LogP contribution is -2.64. The second kappa shape index (κ2) is 7.56. The van der Waals surface area contributed by atoms with E-state index in [-0.39, 0.29) is 29.5 Å². The van der Waals surface area contributed by atoms with Crippen molar-refractivity contribution >= 4 is 18.0 Å². The first-order valence-electron chi connectivity index (χ1n) is 12.5. The summed E-state index contributed by atoms with van der Waals surface area (Å²) in [7, 11) is 0. The third kappa shape index (κ3) is 2.63. The van der Waals surface area contributed by atoms with Crippen LogP contribution in [-0.4, -0.2) is 23.1 Å². The zero-order chi connectivity index (χ0) is 22.8. The number of carboxylic acids is 1. The minimum atomic E-state index is -1.35. The van der Waals surface area contributed by atoms with Gasteiger partial charge in [-0.1, -0.05) is 65.5 Å². The van der Waals surface area contributed by atoms with Gasteiger partial charge in [-0.3, -0.25) is 9.59 Å². The van der Waals surface area contributed by atoms with E-state index in [0.29, 0.717) is 31.1 Å². The molecule has 4 rings (SSSR count). The molecule has 0 aliphatic heterocycles. The number of rotatable bonds is 9. The summed E-state index contributed by atoms with van der Waals surface area (Å²) in [6.45, 7) is 10.7. The number of carboxylic acid groups (broad SMARTS) is 1. The highest BCUT2D eigenvalue weighted by atomic mass is 16.4. The van der Waals surface area contributed by atoms with Gasteiger partial charge in [0.1, 0.15) is 17.5 Å². The van der Waals surface area contributed by atoms with Crippen LogP contribution in [0.4, 0.5) is 0 Å². The molecule has 4 heteroatoms. The van der Waals surface area contributed by atoms with Gasteiger partial charge in [-0.05, 0) is 61.2 Å². The van der Waals surface area contributed by atoms with Crippen molar-refractivity contribution in [3.63, 3.8) is 0 Å². The molecule has 4 nitrogen and oxygen atoms in total. The molecule has 3 fully saturated rings. The fourth-order valence-electron chi connectivity index (χ4n) is 8.76. The van der Waals surface area contributed by atoms with Crippen molar-refractivity contribution in [2.24, 2.45) is 51.8 Å². The van der Waals surface area contributed by atoms with Gasteiger partial charge in [0.05, 0.1) is 10.8 Å². The Hall–Kier alpha value is -1.45. The Bertz CT molecular complexity index is 810. The maximum absolute atomic E-state index is 14.1. The van der Waals surface area contributed by atoms with E-state index in [4.69, 9.17) is 0 Å². The largest absolute Gasteiger partial charge is 0.481 e. The zero-order valence-corrected chi connectivity index (χ0v) is 19.9.